The third-order valence-corrected chi connectivity index (χ3v) is 4.20. The van der Waals surface area contributed by atoms with Crippen LogP contribution in [0.15, 0.2) is 24.3 Å². The second-order valence-corrected chi connectivity index (χ2v) is 5.80. The molecule has 0 aromatic heterocycles. The van der Waals surface area contributed by atoms with Gasteiger partial charge in [0.2, 0.25) is 0 Å². The second kappa shape index (κ2) is 6.31. The first-order valence-electron chi connectivity index (χ1n) is 6.21. The van der Waals surface area contributed by atoms with Crippen LogP contribution in [-0.2, 0) is 6.42 Å². The topological polar surface area (TPSA) is 12.0 Å². The van der Waals surface area contributed by atoms with Gasteiger partial charge in [0.15, 0.2) is 0 Å². The van der Waals surface area contributed by atoms with E-state index in [1.54, 1.807) is 0 Å². The molecule has 0 bridgehead atoms. The van der Waals surface area contributed by atoms with Crippen molar-refractivity contribution in [3.63, 3.8) is 0 Å². The van der Waals surface area contributed by atoms with Crippen molar-refractivity contribution < 1.29 is 0 Å². The maximum absolute atomic E-state index is 3.68. The Morgan fingerprint density at radius 2 is 2.12 bits per heavy atom. The second-order valence-electron chi connectivity index (χ2n) is 4.58. The molecule has 2 rings (SSSR count). The summed E-state index contributed by atoms with van der Waals surface area (Å²) >= 11 is 2.09. The standard InChI is InChI=1S/C14H21NS/c1-12-3-2-4-13(11-12)5-8-15-14-6-9-16-10-7-14/h2-4,11,14-15H,5-10H2,1H3. The summed E-state index contributed by atoms with van der Waals surface area (Å²) in [4.78, 5) is 0. The summed E-state index contributed by atoms with van der Waals surface area (Å²) < 4.78 is 0. The lowest BCUT2D eigenvalue weighted by atomic mass is 10.1. The van der Waals surface area contributed by atoms with E-state index in [0.29, 0.717) is 0 Å². The summed E-state index contributed by atoms with van der Waals surface area (Å²) in [5.41, 5.74) is 2.82. The minimum atomic E-state index is 0.769. The number of hydrogen-bond acceptors (Lipinski definition) is 2. The van der Waals surface area contributed by atoms with Gasteiger partial charge in [-0.1, -0.05) is 29.8 Å². The number of aryl methyl sites for hydroxylation is 1. The minimum absolute atomic E-state index is 0.769. The Kier molecular flexibility index (Phi) is 4.73. The summed E-state index contributed by atoms with van der Waals surface area (Å²) in [5, 5.41) is 3.68. The van der Waals surface area contributed by atoms with Gasteiger partial charge in [0, 0.05) is 6.04 Å². The maximum Gasteiger partial charge on any atom is 0.00829 e. The Labute approximate surface area is 103 Å². The molecular formula is C14H21NS. The molecule has 0 atom stereocenters. The van der Waals surface area contributed by atoms with Gasteiger partial charge in [0.05, 0.1) is 0 Å². The highest BCUT2D eigenvalue weighted by Crippen LogP contribution is 2.16. The van der Waals surface area contributed by atoms with Crippen molar-refractivity contribution in [3.05, 3.63) is 35.4 Å². The van der Waals surface area contributed by atoms with E-state index in [2.05, 4.69) is 48.3 Å². The third kappa shape index (κ3) is 3.84. The van der Waals surface area contributed by atoms with Gasteiger partial charge in [0.25, 0.3) is 0 Å². The van der Waals surface area contributed by atoms with Crippen molar-refractivity contribution in [1.82, 2.24) is 5.32 Å². The Morgan fingerprint density at radius 1 is 1.31 bits per heavy atom. The molecule has 0 amide bonds. The van der Waals surface area contributed by atoms with Crippen LogP contribution in [0.2, 0.25) is 0 Å². The molecule has 1 aliphatic heterocycles. The molecule has 0 aliphatic carbocycles. The molecule has 0 unspecified atom stereocenters. The minimum Gasteiger partial charge on any atom is -0.314 e. The zero-order chi connectivity index (χ0) is 11.2. The Bertz CT molecular complexity index is 318. The lowest BCUT2D eigenvalue weighted by Gasteiger charge is -2.22. The van der Waals surface area contributed by atoms with Gasteiger partial charge in [-0.15, -0.1) is 0 Å². The summed E-state index contributed by atoms with van der Waals surface area (Å²) in [6, 6.07) is 9.60. The highest BCUT2D eigenvalue weighted by molar-refractivity contribution is 7.99. The van der Waals surface area contributed by atoms with E-state index in [1.165, 1.54) is 35.5 Å². The van der Waals surface area contributed by atoms with E-state index in [9.17, 15) is 0 Å². The Morgan fingerprint density at radius 3 is 2.88 bits per heavy atom. The van der Waals surface area contributed by atoms with Crippen molar-refractivity contribution in [2.45, 2.75) is 32.2 Å². The molecule has 0 radical (unpaired) electrons. The summed E-state index contributed by atoms with van der Waals surface area (Å²) in [5.74, 6) is 2.67. The number of thioether (sulfide) groups is 1. The zero-order valence-electron chi connectivity index (χ0n) is 10.0. The number of hydrogen-bond donors (Lipinski definition) is 1. The van der Waals surface area contributed by atoms with E-state index in [-0.39, 0.29) is 0 Å². The highest BCUT2D eigenvalue weighted by Gasteiger charge is 2.11. The highest BCUT2D eigenvalue weighted by atomic mass is 32.2. The average Bonchev–Trinajstić information content (AvgIpc) is 2.30. The smallest absolute Gasteiger partial charge is 0.00829 e. The molecule has 88 valence electrons. The molecule has 1 saturated heterocycles. The van der Waals surface area contributed by atoms with E-state index < -0.39 is 0 Å². The molecule has 0 saturated carbocycles. The van der Waals surface area contributed by atoms with Gasteiger partial charge < -0.3 is 5.32 Å². The fraction of sp³-hybridized carbons (Fsp3) is 0.571. The molecule has 16 heavy (non-hydrogen) atoms. The van der Waals surface area contributed by atoms with E-state index in [0.717, 1.165) is 19.0 Å². The summed E-state index contributed by atoms with van der Waals surface area (Å²) in [6.45, 7) is 3.29. The third-order valence-electron chi connectivity index (χ3n) is 3.15. The van der Waals surface area contributed by atoms with Gasteiger partial charge in [-0.2, -0.15) is 11.8 Å². The SMILES string of the molecule is Cc1cccc(CCNC2CCSCC2)c1. The van der Waals surface area contributed by atoms with Crippen LogP contribution in [0.25, 0.3) is 0 Å². The van der Waals surface area contributed by atoms with Gasteiger partial charge in [0.1, 0.15) is 0 Å². The van der Waals surface area contributed by atoms with Crippen molar-refractivity contribution in [3.8, 4) is 0 Å². The lowest BCUT2D eigenvalue weighted by Crippen LogP contribution is -2.33. The molecular weight excluding hydrogens is 214 g/mol. The van der Waals surface area contributed by atoms with Crippen LogP contribution >= 0.6 is 11.8 Å². The van der Waals surface area contributed by atoms with Crippen molar-refractivity contribution in [2.24, 2.45) is 0 Å². The molecule has 1 fully saturated rings. The van der Waals surface area contributed by atoms with Crippen LogP contribution in [-0.4, -0.2) is 24.1 Å². The molecule has 1 heterocycles. The van der Waals surface area contributed by atoms with Crippen molar-refractivity contribution in [1.29, 1.82) is 0 Å². The largest absolute Gasteiger partial charge is 0.314 e. The molecule has 1 aromatic rings. The molecule has 1 nitrogen and oxygen atoms in total. The first-order valence-corrected chi connectivity index (χ1v) is 7.37. The Hall–Kier alpha value is -0.470. The van der Waals surface area contributed by atoms with Crippen LogP contribution < -0.4 is 5.32 Å². The number of benzene rings is 1. The average molecular weight is 235 g/mol. The van der Waals surface area contributed by atoms with Gasteiger partial charge in [-0.25, -0.2) is 0 Å². The van der Waals surface area contributed by atoms with Crippen LogP contribution in [0, 0.1) is 6.92 Å². The first kappa shape index (κ1) is 12.0. The zero-order valence-corrected chi connectivity index (χ0v) is 10.9. The quantitative estimate of drug-likeness (QED) is 0.861. The molecule has 1 aromatic carbocycles. The van der Waals surface area contributed by atoms with Gasteiger partial charge >= 0.3 is 0 Å². The Balaban J connectivity index is 1.71. The van der Waals surface area contributed by atoms with Crippen LogP contribution in [0.5, 0.6) is 0 Å². The summed E-state index contributed by atoms with van der Waals surface area (Å²) in [7, 11) is 0. The predicted molar refractivity (Wildman–Crippen MR) is 73.2 cm³/mol. The monoisotopic (exact) mass is 235 g/mol. The summed E-state index contributed by atoms with van der Waals surface area (Å²) in [6.07, 6.45) is 3.85. The van der Waals surface area contributed by atoms with E-state index in [4.69, 9.17) is 0 Å². The van der Waals surface area contributed by atoms with Gasteiger partial charge in [-0.3, -0.25) is 0 Å². The fourth-order valence-electron chi connectivity index (χ4n) is 2.19. The van der Waals surface area contributed by atoms with E-state index >= 15 is 0 Å². The van der Waals surface area contributed by atoms with Gasteiger partial charge in [-0.05, 0) is 49.8 Å². The molecule has 1 aliphatic rings. The van der Waals surface area contributed by atoms with Crippen LogP contribution in [0.4, 0.5) is 0 Å². The molecule has 0 spiro atoms. The van der Waals surface area contributed by atoms with Crippen LogP contribution in [0.3, 0.4) is 0 Å². The predicted octanol–water partition coefficient (Wildman–Crippen LogP) is 3.02. The van der Waals surface area contributed by atoms with Crippen molar-refractivity contribution in [2.75, 3.05) is 18.1 Å². The van der Waals surface area contributed by atoms with Crippen molar-refractivity contribution >= 4 is 11.8 Å². The van der Waals surface area contributed by atoms with Crippen LogP contribution in [0.1, 0.15) is 24.0 Å². The van der Waals surface area contributed by atoms with E-state index in [1.807, 2.05) is 0 Å². The first-order chi connectivity index (χ1) is 7.84. The fourth-order valence-corrected chi connectivity index (χ4v) is 3.30. The number of rotatable bonds is 4. The number of nitrogens with one attached hydrogen (secondary N) is 1. The molecule has 1 N–H and O–H groups in total. The lowest BCUT2D eigenvalue weighted by molar-refractivity contribution is 0.486. The maximum atomic E-state index is 3.68. The molecule has 2 heteroatoms. The normalized spacial score (nSPS) is 17.6.